The first-order valence-corrected chi connectivity index (χ1v) is 5.27. The van der Waals surface area contributed by atoms with E-state index in [9.17, 15) is 4.79 Å². The number of carbonyl (C=O) groups excluding carboxylic acids is 1. The van der Waals surface area contributed by atoms with E-state index in [0.717, 1.165) is 51.9 Å². The molecule has 0 aromatic heterocycles. The maximum absolute atomic E-state index is 10.8. The summed E-state index contributed by atoms with van der Waals surface area (Å²) in [6.07, 6.45) is 3.23. The summed E-state index contributed by atoms with van der Waals surface area (Å²) in [6.45, 7) is 4.60. The zero-order valence-corrected chi connectivity index (χ0v) is 8.87. The van der Waals surface area contributed by atoms with E-state index in [-0.39, 0.29) is 6.04 Å². The van der Waals surface area contributed by atoms with Crippen molar-refractivity contribution in [2.75, 3.05) is 39.9 Å². The number of nitrogens with zero attached hydrogens (tertiary/aromatic N) is 1. The number of rotatable bonds is 6. The highest BCUT2D eigenvalue weighted by Gasteiger charge is 2.20. The van der Waals surface area contributed by atoms with Gasteiger partial charge in [0.15, 0.2) is 0 Å². The second-order valence-corrected chi connectivity index (χ2v) is 3.64. The number of piperazine rings is 1. The molecule has 1 heterocycles. The quantitative estimate of drug-likeness (QED) is 0.480. The monoisotopic (exact) mass is 200 g/mol. The zero-order chi connectivity index (χ0) is 10.2. The second kappa shape index (κ2) is 6.92. The highest BCUT2D eigenvalue weighted by Crippen LogP contribution is 2.03. The molecule has 0 aliphatic carbocycles. The van der Waals surface area contributed by atoms with E-state index in [1.165, 1.54) is 0 Å². The van der Waals surface area contributed by atoms with E-state index in [1.807, 2.05) is 0 Å². The van der Waals surface area contributed by atoms with Crippen LogP contribution in [-0.4, -0.2) is 57.1 Å². The molecule has 4 nitrogen and oxygen atoms in total. The minimum absolute atomic E-state index is 0.0753. The summed E-state index contributed by atoms with van der Waals surface area (Å²) in [5.74, 6) is 0. The Kier molecular flexibility index (Phi) is 5.75. The molecule has 0 amide bonds. The summed E-state index contributed by atoms with van der Waals surface area (Å²) < 4.78 is 4.98. The Morgan fingerprint density at radius 1 is 1.57 bits per heavy atom. The first kappa shape index (κ1) is 11.6. The minimum atomic E-state index is 0.0753. The SMILES string of the molecule is COCCCCN1CCNCC1C=O. The molecule has 4 heteroatoms. The van der Waals surface area contributed by atoms with Crippen LogP contribution in [0.3, 0.4) is 0 Å². The minimum Gasteiger partial charge on any atom is -0.385 e. The van der Waals surface area contributed by atoms with Crippen molar-refractivity contribution in [1.29, 1.82) is 0 Å². The largest absolute Gasteiger partial charge is 0.385 e. The normalized spacial score (nSPS) is 23.6. The van der Waals surface area contributed by atoms with Gasteiger partial charge in [0.1, 0.15) is 6.29 Å². The Balaban J connectivity index is 2.16. The number of nitrogens with one attached hydrogen (secondary N) is 1. The molecule has 1 rings (SSSR count). The summed E-state index contributed by atoms with van der Waals surface area (Å²) >= 11 is 0. The smallest absolute Gasteiger partial charge is 0.138 e. The average molecular weight is 200 g/mol. The van der Waals surface area contributed by atoms with Crippen LogP contribution < -0.4 is 5.32 Å². The van der Waals surface area contributed by atoms with E-state index < -0.39 is 0 Å². The third kappa shape index (κ3) is 3.74. The van der Waals surface area contributed by atoms with Gasteiger partial charge in [-0.05, 0) is 19.4 Å². The molecule has 0 spiro atoms. The van der Waals surface area contributed by atoms with Crippen LogP contribution in [0.5, 0.6) is 0 Å². The van der Waals surface area contributed by atoms with Gasteiger partial charge >= 0.3 is 0 Å². The molecule has 0 saturated carbocycles. The van der Waals surface area contributed by atoms with Crippen LogP contribution in [0, 0.1) is 0 Å². The number of methoxy groups -OCH3 is 1. The van der Waals surface area contributed by atoms with Gasteiger partial charge in [-0.3, -0.25) is 4.90 Å². The van der Waals surface area contributed by atoms with Crippen molar-refractivity contribution in [2.24, 2.45) is 0 Å². The van der Waals surface area contributed by atoms with Crippen LogP contribution in [0.25, 0.3) is 0 Å². The fraction of sp³-hybridized carbons (Fsp3) is 0.900. The number of hydrogen-bond acceptors (Lipinski definition) is 4. The van der Waals surface area contributed by atoms with Gasteiger partial charge in [0.2, 0.25) is 0 Å². The van der Waals surface area contributed by atoms with Gasteiger partial charge in [-0.1, -0.05) is 0 Å². The molecule has 0 radical (unpaired) electrons. The zero-order valence-electron chi connectivity index (χ0n) is 8.87. The maximum Gasteiger partial charge on any atom is 0.138 e. The van der Waals surface area contributed by atoms with Crippen LogP contribution in [-0.2, 0) is 9.53 Å². The predicted molar refractivity (Wildman–Crippen MR) is 55.4 cm³/mol. The van der Waals surface area contributed by atoms with Crippen LogP contribution in [0.4, 0.5) is 0 Å². The topological polar surface area (TPSA) is 41.6 Å². The molecule has 1 aliphatic rings. The summed E-state index contributed by atoms with van der Waals surface area (Å²) in [4.78, 5) is 13.0. The maximum atomic E-state index is 10.8. The number of carbonyl (C=O) groups is 1. The van der Waals surface area contributed by atoms with Crippen LogP contribution in [0.2, 0.25) is 0 Å². The highest BCUT2D eigenvalue weighted by molar-refractivity contribution is 5.58. The molecular weight excluding hydrogens is 180 g/mol. The Morgan fingerprint density at radius 3 is 3.14 bits per heavy atom. The van der Waals surface area contributed by atoms with Gasteiger partial charge in [-0.2, -0.15) is 0 Å². The van der Waals surface area contributed by atoms with E-state index in [1.54, 1.807) is 7.11 Å². The van der Waals surface area contributed by atoms with Crippen LogP contribution >= 0.6 is 0 Å². The molecule has 82 valence electrons. The van der Waals surface area contributed by atoms with Crippen molar-refractivity contribution in [2.45, 2.75) is 18.9 Å². The predicted octanol–water partition coefficient (Wildman–Crippen LogP) is -0.114. The van der Waals surface area contributed by atoms with Crippen molar-refractivity contribution in [3.63, 3.8) is 0 Å². The van der Waals surface area contributed by atoms with E-state index >= 15 is 0 Å². The first-order valence-electron chi connectivity index (χ1n) is 5.27. The van der Waals surface area contributed by atoms with Crippen molar-refractivity contribution >= 4 is 6.29 Å². The Labute approximate surface area is 85.6 Å². The van der Waals surface area contributed by atoms with Gasteiger partial charge in [-0.15, -0.1) is 0 Å². The third-order valence-corrected chi connectivity index (χ3v) is 2.60. The summed E-state index contributed by atoms with van der Waals surface area (Å²) in [7, 11) is 1.72. The van der Waals surface area contributed by atoms with Crippen molar-refractivity contribution in [3.8, 4) is 0 Å². The van der Waals surface area contributed by atoms with Crippen molar-refractivity contribution in [1.82, 2.24) is 10.2 Å². The Morgan fingerprint density at radius 2 is 2.43 bits per heavy atom. The third-order valence-electron chi connectivity index (χ3n) is 2.60. The van der Waals surface area contributed by atoms with Gasteiger partial charge in [0.25, 0.3) is 0 Å². The van der Waals surface area contributed by atoms with Gasteiger partial charge in [0.05, 0.1) is 6.04 Å². The molecule has 0 aromatic carbocycles. The Bertz CT molecular complexity index is 164. The van der Waals surface area contributed by atoms with E-state index in [2.05, 4.69) is 10.2 Å². The van der Waals surface area contributed by atoms with Crippen molar-refractivity contribution in [3.05, 3.63) is 0 Å². The molecule has 0 bridgehead atoms. The standard InChI is InChI=1S/C10H20N2O2/c1-14-7-3-2-5-12-6-4-11-8-10(12)9-13/h9-11H,2-8H2,1H3. The molecule has 14 heavy (non-hydrogen) atoms. The molecule has 1 N–H and O–H groups in total. The first-order chi connectivity index (χ1) is 6.88. The second-order valence-electron chi connectivity index (χ2n) is 3.64. The molecule has 1 aliphatic heterocycles. The average Bonchev–Trinajstić information content (AvgIpc) is 2.25. The van der Waals surface area contributed by atoms with Gasteiger partial charge in [0, 0.05) is 33.4 Å². The van der Waals surface area contributed by atoms with Crippen LogP contribution in [0.1, 0.15) is 12.8 Å². The molecule has 1 fully saturated rings. The number of aldehydes is 1. The molecular formula is C10H20N2O2. The number of unbranched alkanes of at least 4 members (excludes halogenated alkanes) is 1. The summed E-state index contributed by atoms with van der Waals surface area (Å²) in [5.41, 5.74) is 0. The lowest BCUT2D eigenvalue weighted by atomic mass is 10.2. The lowest BCUT2D eigenvalue weighted by Gasteiger charge is -2.32. The summed E-state index contributed by atoms with van der Waals surface area (Å²) in [6, 6.07) is 0.0753. The highest BCUT2D eigenvalue weighted by atomic mass is 16.5. The lowest BCUT2D eigenvalue weighted by molar-refractivity contribution is -0.113. The molecule has 0 aromatic rings. The summed E-state index contributed by atoms with van der Waals surface area (Å²) in [5, 5.41) is 3.22. The number of ether oxygens (including phenoxy) is 1. The van der Waals surface area contributed by atoms with E-state index in [4.69, 9.17) is 4.74 Å². The lowest BCUT2D eigenvalue weighted by Crippen LogP contribution is -2.52. The fourth-order valence-corrected chi connectivity index (χ4v) is 1.74. The van der Waals surface area contributed by atoms with Gasteiger partial charge in [-0.25, -0.2) is 0 Å². The fourth-order valence-electron chi connectivity index (χ4n) is 1.74. The molecule has 1 atom stereocenters. The number of hydrogen-bond donors (Lipinski definition) is 1. The Hall–Kier alpha value is -0.450. The molecule has 1 saturated heterocycles. The van der Waals surface area contributed by atoms with Gasteiger partial charge < -0.3 is 14.8 Å². The van der Waals surface area contributed by atoms with Crippen molar-refractivity contribution < 1.29 is 9.53 Å². The molecule has 1 unspecified atom stereocenters. The van der Waals surface area contributed by atoms with Crippen LogP contribution in [0.15, 0.2) is 0 Å². The van der Waals surface area contributed by atoms with E-state index in [0.29, 0.717) is 0 Å².